The van der Waals surface area contributed by atoms with Crippen molar-refractivity contribution in [1.29, 1.82) is 0 Å². The predicted molar refractivity (Wildman–Crippen MR) is 219 cm³/mol. The summed E-state index contributed by atoms with van der Waals surface area (Å²) in [7, 11) is 2.60. The van der Waals surface area contributed by atoms with Crippen molar-refractivity contribution in [1.82, 2.24) is 40.4 Å². The topological polar surface area (TPSA) is 175 Å². The highest BCUT2D eigenvalue weighted by Gasteiger charge is 2.39. The van der Waals surface area contributed by atoms with E-state index in [0.717, 1.165) is 83.1 Å². The van der Waals surface area contributed by atoms with E-state index in [4.69, 9.17) is 19.4 Å². The average molecular weight is 793 g/mol. The van der Waals surface area contributed by atoms with E-state index in [2.05, 4.69) is 69.1 Å². The van der Waals surface area contributed by atoms with E-state index in [0.29, 0.717) is 19.0 Å². The first-order valence-corrected chi connectivity index (χ1v) is 20.6. The minimum atomic E-state index is -0.687. The maximum atomic E-state index is 13.8. The summed E-state index contributed by atoms with van der Waals surface area (Å²) in [6, 6.07) is 15.0. The summed E-state index contributed by atoms with van der Waals surface area (Å²) in [5.41, 5.74) is 7.04. The fraction of sp³-hybridized carbons (Fsp3) is 0.500. The fourth-order valence-electron chi connectivity index (χ4n) is 8.29. The number of ether oxygens (including phenoxy) is 2. The molecule has 2 aromatic heterocycles. The number of aromatic amines is 2. The molecule has 1 saturated carbocycles. The number of H-pyrrole nitrogens is 2. The Bertz CT molecular complexity index is 2090. The Morgan fingerprint density at radius 3 is 1.66 bits per heavy atom. The minimum Gasteiger partial charge on any atom is -0.453 e. The van der Waals surface area contributed by atoms with Crippen LogP contribution in [-0.4, -0.2) is 93.1 Å². The standard InChI is InChI=1S/C44H56N8O6/c1-25(2)36(49-43(55)57-5)41(53)51-21-7-9-34(51)39-45-24-33(47-39)30-17-13-28(14-18-30)29-15-19-31(20-16-29)38-32(23-27-11-12-27)46-40(48-38)35-10-8-22-52(35)42(54)37(26(3)4)50-44(56)58-6/h13-20,24-27,34-37H,7-12,21-23H2,1-6H3,(H,45,47)(H,46,48)(H,49,55)(H,50,56)/t34-,35-,36-,37-/m0/s1. The molecule has 4 amide bonds. The molecule has 14 nitrogen and oxygen atoms in total. The lowest BCUT2D eigenvalue weighted by Crippen LogP contribution is -2.51. The van der Waals surface area contributed by atoms with Crippen molar-refractivity contribution in [3.05, 3.63) is 72.1 Å². The van der Waals surface area contributed by atoms with Crippen LogP contribution >= 0.6 is 0 Å². The van der Waals surface area contributed by atoms with Gasteiger partial charge in [-0.05, 0) is 79.4 Å². The molecule has 1 aliphatic carbocycles. The second-order valence-corrected chi connectivity index (χ2v) is 16.5. The van der Waals surface area contributed by atoms with E-state index in [9.17, 15) is 19.2 Å². The number of alkyl carbamates (subject to hydrolysis) is 2. The Kier molecular flexibility index (Phi) is 12.2. The first-order valence-electron chi connectivity index (χ1n) is 20.6. The lowest BCUT2D eigenvalue weighted by molar-refractivity contribution is -0.136. The maximum Gasteiger partial charge on any atom is 0.407 e. The maximum absolute atomic E-state index is 13.8. The van der Waals surface area contributed by atoms with Gasteiger partial charge in [-0.3, -0.25) is 9.59 Å². The van der Waals surface area contributed by atoms with Gasteiger partial charge in [0.1, 0.15) is 23.7 Å². The molecule has 2 aliphatic heterocycles. The number of carbonyl (C=O) groups is 4. The molecule has 2 saturated heterocycles. The summed E-state index contributed by atoms with van der Waals surface area (Å²) in [4.78, 5) is 72.1. The number of hydrogen-bond acceptors (Lipinski definition) is 8. The van der Waals surface area contributed by atoms with Crippen molar-refractivity contribution in [2.75, 3.05) is 27.3 Å². The van der Waals surface area contributed by atoms with Crippen molar-refractivity contribution in [3.8, 4) is 33.6 Å². The monoisotopic (exact) mass is 792 g/mol. The van der Waals surface area contributed by atoms with Gasteiger partial charge in [0.2, 0.25) is 11.8 Å². The zero-order valence-electron chi connectivity index (χ0n) is 34.3. The highest BCUT2D eigenvalue weighted by molar-refractivity contribution is 5.87. The van der Waals surface area contributed by atoms with Crippen LogP contribution in [0.2, 0.25) is 0 Å². The van der Waals surface area contributed by atoms with Crippen LogP contribution in [0.1, 0.15) is 95.6 Å². The number of methoxy groups -OCH3 is 2. The quantitative estimate of drug-likeness (QED) is 0.110. The zero-order valence-corrected chi connectivity index (χ0v) is 34.3. The number of rotatable bonds is 13. The van der Waals surface area contributed by atoms with Gasteiger partial charge in [0, 0.05) is 24.3 Å². The van der Waals surface area contributed by atoms with Crippen LogP contribution in [0.25, 0.3) is 33.6 Å². The molecule has 0 radical (unpaired) electrons. The predicted octanol–water partition coefficient (Wildman–Crippen LogP) is 7.17. The molecule has 7 rings (SSSR count). The van der Waals surface area contributed by atoms with Gasteiger partial charge >= 0.3 is 12.2 Å². The highest BCUT2D eigenvalue weighted by atomic mass is 16.5. The van der Waals surface area contributed by atoms with Crippen molar-refractivity contribution >= 4 is 24.0 Å². The normalized spacial score (nSPS) is 19.0. The Labute approximate surface area is 339 Å². The number of nitrogens with one attached hydrogen (secondary N) is 4. The number of likely N-dealkylation sites (tertiary alicyclic amines) is 2. The van der Waals surface area contributed by atoms with Crippen LogP contribution in [0.5, 0.6) is 0 Å². The van der Waals surface area contributed by atoms with Crippen molar-refractivity contribution in [3.63, 3.8) is 0 Å². The van der Waals surface area contributed by atoms with Gasteiger partial charge in [-0.15, -0.1) is 0 Å². The molecular weight excluding hydrogens is 737 g/mol. The average Bonchev–Trinajstić information content (AvgIpc) is 3.69. The van der Waals surface area contributed by atoms with Gasteiger partial charge in [0.15, 0.2) is 0 Å². The first-order chi connectivity index (χ1) is 27.9. The number of nitrogens with zero attached hydrogens (tertiary/aromatic N) is 4. The Morgan fingerprint density at radius 2 is 1.17 bits per heavy atom. The summed E-state index contributed by atoms with van der Waals surface area (Å²) in [6.45, 7) is 8.85. The van der Waals surface area contributed by atoms with Crippen LogP contribution in [0.15, 0.2) is 54.7 Å². The van der Waals surface area contributed by atoms with Gasteiger partial charge < -0.3 is 39.9 Å². The number of hydrogen-bond donors (Lipinski definition) is 4. The van der Waals surface area contributed by atoms with Crippen LogP contribution < -0.4 is 10.6 Å². The van der Waals surface area contributed by atoms with Crippen molar-refractivity contribution in [2.24, 2.45) is 17.8 Å². The van der Waals surface area contributed by atoms with E-state index in [1.165, 1.54) is 27.1 Å². The summed E-state index contributed by atoms with van der Waals surface area (Å²) in [6.07, 6.45) is 7.20. The lowest BCUT2D eigenvalue weighted by atomic mass is 10.00. The number of aromatic nitrogens is 4. The third-order valence-electron chi connectivity index (χ3n) is 11.8. The van der Waals surface area contributed by atoms with Gasteiger partial charge in [-0.1, -0.05) is 76.2 Å². The highest BCUT2D eigenvalue weighted by Crippen LogP contribution is 2.39. The molecule has 14 heteroatoms. The minimum absolute atomic E-state index is 0.104. The van der Waals surface area contributed by atoms with E-state index < -0.39 is 24.3 Å². The molecule has 4 N–H and O–H groups in total. The van der Waals surface area contributed by atoms with Crippen LogP contribution in [0.3, 0.4) is 0 Å². The number of imidazole rings is 2. The van der Waals surface area contributed by atoms with E-state index in [-0.39, 0.29) is 35.7 Å². The number of carbonyl (C=O) groups excluding carboxylic acids is 4. The molecule has 58 heavy (non-hydrogen) atoms. The van der Waals surface area contributed by atoms with E-state index in [1.807, 2.05) is 43.7 Å². The largest absolute Gasteiger partial charge is 0.453 e. The number of amides is 4. The molecule has 3 aliphatic rings. The van der Waals surface area contributed by atoms with Crippen LogP contribution in [-0.2, 0) is 25.5 Å². The molecule has 0 bridgehead atoms. The Morgan fingerprint density at radius 1 is 0.690 bits per heavy atom. The second kappa shape index (κ2) is 17.5. The molecule has 4 atom stereocenters. The van der Waals surface area contributed by atoms with Crippen LogP contribution in [0.4, 0.5) is 9.59 Å². The van der Waals surface area contributed by atoms with Crippen molar-refractivity contribution in [2.45, 2.75) is 96.8 Å². The summed E-state index contributed by atoms with van der Waals surface area (Å²) in [5.74, 6) is 1.69. The molecule has 2 aromatic carbocycles. The molecule has 0 unspecified atom stereocenters. The molecule has 4 heterocycles. The summed E-state index contributed by atoms with van der Waals surface area (Å²) in [5, 5.41) is 5.44. The van der Waals surface area contributed by atoms with Gasteiger partial charge in [0.05, 0.1) is 43.9 Å². The van der Waals surface area contributed by atoms with Gasteiger partial charge in [-0.25, -0.2) is 19.6 Å². The Hall–Kier alpha value is -5.66. The zero-order chi connectivity index (χ0) is 41.1. The van der Waals surface area contributed by atoms with Crippen molar-refractivity contribution < 1.29 is 28.7 Å². The van der Waals surface area contributed by atoms with Gasteiger partial charge in [0.25, 0.3) is 0 Å². The number of benzene rings is 2. The summed E-state index contributed by atoms with van der Waals surface area (Å²) < 4.78 is 9.58. The third-order valence-corrected chi connectivity index (χ3v) is 11.8. The smallest absolute Gasteiger partial charge is 0.407 e. The van der Waals surface area contributed by atoms with Crippen LogP contribution in [0, 0.1) is 17.8 Å². The first kappa shape index (κ1) is 40.5. The molecule has 3 fully saturated rings. The summed E-state index contributed by atoms with van der Waals surface area (Å²) >= 11 is 0. The molecular formula is C44H56N8O6. The molecule has 4 aromatic rings. The fourth-order valence-corrected chi connectivity index (χ4v) is 8.29. The Balaban J connectivity index is 1.05. The molecule has 308 valence electrons. The van der Waals surface area contributed by atoms with E-state index in [1.54, 1.807) is 0 Å². The van der Waals surface area contributed by atoms with Gasteiger partial charge in [-0.2, -0.15) is 0 Å². The second-order valence-electron chi connectivity index (χ2n) is 16.5. The molecule has 0 spiro atoms. The lowest BCUT2D eigenvalue weighted by Gasteiger charge is -2.30. The van der Waals surface area contributed by atoms with E-state index >= 15 is 0 Å². The SMILES string of the molecule is COC(=O)N[C@H](C(=O)N1CCC[C@H]1c1ncc(-c2ccc(-c3ccc(-c4nc([C@@H]5CCCN5C(=O)[C@@H](NC(=O)OC)C(C)C)[nH]c4CC4CC4)cc3)cc2)[nH]1)C(C)C. The third kappa shape index (κ3) is 8.75.